The predicted octanol–water partition coefficient (Wildman–Crippen LogP) is 5.20. The molecule has 1 aromatic carbocycles. The van der Waals surface area contributed by atoms with Crippen LogP contribution in [0.1, 0.15) is 68.6 Å². The molecule has 1 aliphatic rings. The van der Waals surface area contributed by atoms with Gasteiger partial charge in [0.2, 0.25) is 11.8 Å². The number of hydrogen-bond donors (Lipinski definition) is 0. The summed E-state index contributed by atoms with van der Waals surface area (Å²) in [5.41, 5.74) is 3.07. The molecule has 0 spiro atoms. The Hall–Kier alpha value is -2.14. The number of benzene rings is 1. The minimum atomic E-state index is -0.512. The lowest BCUT2D eigenvalue weighted by atomic mass is 9.90. The largest absolute Gasteiger partial charge is 0.330 e. The normalized spacial score (nSPS) is 17.4. The van der Waals surface area contributed by atoms with Crippen molar-refractivity contribution in [2.45, 2.75) is 66.5 Å². The van der Waals surface area contributed by atoms with Crippen LogP contribution in [0.5, 0.6) is 0 Å². The van der Waals surface area contributed by atoms with E-state index in [1.807, 2.05) is 44.7 Å². The maximum absolute atomic E-state index is 13.6. The van der Waals surface area contributed by atoms with Crippen LogP contribution in [0.2, 0.25) is 0 Å². The van der Waals surface area contributed by atoms with Crippen LogP contribution in [0.3, 0.4) is 0 Å². The Kier molecular flexibility index (Phi) is 6.71. The molecule has 0 N–H and O–H groups in total. The van der Waals surface area contributed by atoms with Gasteiger partial charge in [0.15, 0.2) is 0 Å². The van der Waals surface area contributed by atoms with E-state index in [0.29, 0.717) is 6.54 Å². The highest BCUT2D eigenvalue weighted by Crippen LogP contribution is 2.39. The third-order valence-corrected chi connectivity index (χ3v) is 7.10. The molecule has 0 radical (unpaired) electrons. The third kappa shape index (κ3) is 4.46. The predicted molar refractivity (Wildman–Crippen MR) is 124 cm³/mol. The minimum absolute atomic E-state index is 0.0259. The molecule has 4 nitrogen and oxygen atoms in total. The summed E-state index contributed by atoms with van der Waals surface area (Å²) in [7, 11) is 0. The van der Waals surface area contributed by atoms with Crippen molar-refractivity contribution in [3.05, 3.63) is 57.3 Å². The van der Waals surface area contributed by atoms with Crippen LogP contribution < -0.4 is 0 Å². The molecule has 2 aromatic rings. The Morgan fingerprint density at radius 3 is 2.53 bits per heavy atom. The molecule has 0 aliphatic carbocycles. The summed E-state index contributed by atoms with van der Waals surface area (Å²) >= 11 is 1.77. The van der Waals surface area contributed by atoms with Crippen LogP contribution in [-0.2, 0) is 16.0 Å². The Labute approximate surface area is 184 Å². The van der Waals surface area contributed by atoms with Crippen molar-refractivity contribution in [2.75, 3.05) is 13.1 Å². The molecular formula is C25H34N2O2S. The lowest BCUT2D eigenvalue weighted by molar-refractivity contribution is -0.148. The fraction of sp³-hybridized carbons (Fsp3) is 0.520. The molecule has 0 fully saturated rings. The van der Waals surface area contributed by atoms with E-state index in [4.69, 9.17) is 0 Å². The van der Waals surface area contributed by atoms with Gasteiger partial charge >= 0.3 is 0 Å². The Bertz CT molecular complexity index is 912. The first kappa shape index (κ1) is 22.5. The van der Waals surface area contributed by atoms with Gasteiger partial charge in [-0.3, -0.25) is 9.59 Å². The summed E-state index contributed by atoms with van der Waals surface area (Å²) in [4.78, 5) is 31.9. The number of aryl methyl sites for hydroxylation is 1. The molecule has 0 bridgehead atoms. The number of thiophene rings is 1. The second-order valence-corrected chi connectivity index (χ2v) is 10.3. The SMILES string of the molecule is CC[C@@H](C)N(CC(=O)N1CCc2sccc2[C@H]1c1ccccc1C)C(=O)C(C)(C)C. The van der Waals surface area contributed by atoms with Gasteiger partial charge in [-0.05, 0) is 54.8 Å². The fourth-order valence-electron chi connectivity index (χ4n) is 4.13. The highest BCUT2D eigenvalue weighted by Gasteiger charge is 2.37. The van der Waals surface area contributed by atoms with Gasteiger partial charge in [0, 0.05) is 22.9 Å². The second-order valence-electron chi connectivity index (χ2n) is 9.34. The highest BCUT2D eigenvalue weighted by molar-refractivity contribution is 7.10. The van der Waals surface area contributed by atoms with E-state index in [9.17, 15) is 9.59 Å². The average Bonchev–Trinajstić information content (AvgIpc) is 3.18. The molecule has 0 saturated heterocycles. The quantitative estimate of drug-likeness (QED) is 0.659. The Balaban J connectivity index is 1.95. The average molecular weight is 427 g/mol. The zero-order valence-electron chi connectivity index (χ0n) is 19.1. The maximum Gasteiger partial charge on any atom is 0.243 e. The summed E-state index contributed by atoms with van der Waals surface area (Å²) in [6.45, 7) is 12.8. The van der Waals surface area contributed by atoms with Gasteiger partial charge in [0.1, 0.15) is 6.54 Å². The monoisotopic (exact) mass is 426 g/mol. The molecule has 3 rings (SSSR count). The molecule has 1 aromatic heterocycles. The molecule has 162 valence electrons. The summed E-state index contributed by atoms with van der Waals surface area (Å²) in [5, 5.41) is 2.12. The number of rotatable bonds is 5. The van der Waals surface area contributed by atoms with Gasteiger partial charge in [-0.25, -0.2) is 0 Å². The van der Waals surface area contributed by atoms with E-state index in [1.54, 1.807) is 16.2 Å². The molecule has 0 unspecified atom stereocenters. The first-order chi connectivity index (χ1) is 14.1. The van der Waals surface area contributed by atoms with E-state index in [0.717, 1.165) is 12.8 Å². The van der Waals surface area contributed by atoms with Crippen LogP contribution in [0.25, 0.3) is 0 Å². The minimum Gasteiger partial charge on any atom is -0.330 e. The molecule has 30 heavy (non-hydrogen) atoms. The third-order valence-electron chi connectivity index (χ3n) is 6.10. The fourth-order valence-corrected chi connectivity index (χ4v) is 5.03. The van der Waals surface area contributed by atoms with Gasteiger partial charge in [0.05, 0.1) is 6.04 Å². The van der Waals surface area contributed by atoms with Gasteiger partial charge in [0.25, 0.3) is 0 Å². The van der Waals surface area contributed by atoms with Crippen molar-refractivity contribution in [1.82, 2.24) is 9.80 Å². The summed E-state index contributed by atoms with van der Waals surface area (Å²) in [5.74, 6) is 0.0591. The van der Waals surface area contributed by atoms with E-state index in [2.05, 4.69) is 37.4 Å². The number of carbonyl (C=O) groups is 2. The van der Waals surface area contributed by atoms with E-state index in [1.165, 1.54) is 21.6 Å². The summed E-state index contributed by atoms with van der Waals surface area (Å²) in [6, 6.07) is 10.4. The van der Waals surface area contributed by atoms with Crippen molar-refractivity contribution < 1.29 is 9.59 Å². The molecular weight excluding hydrogens is 392 g/mol. The van der Waals surface area contributed by atoms with Gasteiger partial charge in [-0.1, -0.05) is 52.0 Å². The van der Waals surface area contributed by atoms with Gasteiger partial charge in [-0.2, -0.15) is 0 Å². The van der Waals surface area contributed by atoms with Gasteiger partial charge in [-0.15, -0.1) is 11.3 Å². The standard InChI is InChI=1S/C25H34N2O2S/c1-7-18(3)27(24(29)25(4,5)6)16-22(28)26-14-12-21-20(13-15-30-21)23(26)19-11-9-8-10-17(19)2/h8-11,13,15,18,23H,7,12,14,16H2,1-6H3/t18-,23-/m1/s1. The van der Waals surface area contributed by atoms with Crippen LogP contribution >= 0.6 is 11.3 Å². The number of nitrogens with zero attached hydrogens (tertiary/aromatic N) is 2. The molecule has 5 heteroatoms. The lowest BCUT2D eigenvalue weighted by Gasteiger charge is -2.40. The second kappa shape index (κ2) is 8.93. The van der Waals surface area contributed by atoms with Crippen LogP contribution in [0, 0.1) is 12.3 Å². The summed E-state index contributed by atoms with van der Waals surface area (Å²) in [6.07, 6.45) is 1.70. The van der Waals surface area contributed by atoms with Crippen molar-refractivity contribution >= 4 is 23.2 Å². The van der Waals surface area contributed by atoms with Crippen molar-refractivity contribution in [3.8, 4) is 0 Å². The van der Waals surface area contributed by atoms with Crippen LogP contribution in [0.4, 0.5) is 0 Å². The van der Waals surface area contributed by atoms with Crippen LogP contribution in [-0.4, -0.2) is 40.7 Å². The van der Waals surface area contributed by atoms with Crippen molar-refractivity contribution in [2.24, 2.45) is 5.41 Å². The smallest absolute Gasteiger partial charge is 0.243 e. The van der Waals surface area contributed by atoms with E-state index in [-0.39, 0.29) is 30.4 Å². The number of amides is 2. The first-order valence-electron chi connectivity index (χ1n) is 10.9. The number of carbonyl (C=O) groups excluding carboxylic acids is 2. The zero-order chi connectivity index (χ0) is 22.1. The van der Waals surface area contributed by atoms with E-state index < -0.39 is 5.41 Å². The van der Waals surface area contributed by atoms with E-state index >= 15 is 0 Å². The van der Waals surface area contributed by atoms with Gasteiger partial charge < -0.3 is 9.80 Å². The number of fused-ring (bicyclic) bond motifs is 1. The molecule has 1 aliphatic heterocycles. The topological polar surface area (TPSA) is 40.6 Å². The Morgan fingerprint density at radius 2 is 1.90 bits per heavy atom. The molecule has 2 atom stereocenters. The maximum atomic E-state index is 13.6. The van der Waals surface area contributed by atoms with Crippen molar-refractivity contribution in [3.63, 3.8) is 0 Å². The molecule has 2 heterocycles. The van der Waals surface area contributed by atoms with Crippen molar-refractivity contribution in [1.29, 1.82) is 0 Å². The van der Waals surface area contributed by atoms with Crippen LogP contribution in [0.15, 0.2) is 35.7 Å². The highest BCUT2D eigenvalue weighted by atomic mass is 32.1. The first-order valence-corrected chi connectivity index (χ1v) is 11.8. The lowest BCUT2D eigenvalue weighted by Crippen LogP contribution is -2.51. The molecule has 0 saturated carbocycles. The molecule has 2 amide bonds. The Morgan fingerprint density at radius 1 is 1.20 bits per heavy atom. The zero-order valence-corrected chi connectivity index (χ0v) is 19.9. The number of hydrogen-bond acceptors (Lipinski definition) is 3. The summed E-state index contributed by atoms with van der Waals surface area (Å²) < 4.78 is 0.